The number of hydrogen-bond donors (Lipinski definition) is 3. The molecule has 0 radical (unpaired) electrons. The summed E-state index contributed by atoms with van der Waals surface area (Å²) in [6, 6.07) is 22.2. The second-order valence-corrected chi connectivity index (χ2v) is 8.28. The Morgan fingerprint density at radius 2 is 1.72 bits per heavy atom. The van der Waals surface area contributed by atoms with Gasteiger partial charge in [0.15, 0.2) is 5.11 Å². The summed E-state index contributed by atoms with van der Waals surface area (Å²) in [5.41, 5.74) is 7.93. The molecular formula is C24H22BrN3O3S. The van der Waals surface area contributed by atoms with E-state index in [2.05, 4.69) is 32.1 Å². The minimum Gasteiger partial charge on any atom is -0.492 e. The Kier molecular flexibility index (Phi) is 8.35. The van der Waals surface area contributed by atoms with Crippen molar-refractivity contribution in [3.63, 3.8) is 0 Å². The van der Waals surface area contributed by atoms with E-state index in [1.807, 2.05) is 43.3 Å². The summed E-state index contributed by atoms with van der Waals surface area (Å²) in [5.74, 6) is -0.380. The molecule has 0 saturated heterocycles. The topological polar surface area (TPSA) is 79.5 Å². The van der Waals surface area contributed by atoms with Crippen molar-refractivity contribution in [3.05, 3.63) is 99.5 Å². The van der Waals surface area contributed by atoms with Gasteiger partial charge < -0.3 is 4.74 Å². The fraction of sp³-hybridized carbons (Fsp3) is 0.125. The van der Waals surface area contributed by atoms with Crippen LogP contribution in [-0.4, -0.2) is 23.5 Å². The molecule has 0 aliphatic rings. The maximum atomic E-state index is 12.8. The number of thiocarbonyl (C=S) groups is 1. The third-order valence-corrected chi connectivity index (χ3v) is 5.17. The molecule has 3 N–H and O–H groups in total. The van der Waals surface area contributed by atoms with Crippen molar-refractivity contribution in [2.75, 3.05) is 6.61 Å². The first kappa shape index (κ1) is 23.4. The van der Waals surface area contributed by atoms with Crippen molar-refractivity contribution in [2.45, 2.75) is 13.3 Å². The lowest BCUT2D eigenvalue weighted by Crippen LogP contribution is -2.48. The number of carbonyl (C=O) groups is 2. The van der Waals surface area contributed by atoms with E-state index in [1.165, 1.54) is 0 Å². The first-order valence-electron chi connectivity index (χ1n) is 9.87. The van der Waals surface area contributed by atoms with Crippen LogP contribution in [0.5, 0.6) is 5.75 Å². The number of halogens is 1. The zero-order valence-electron chi connectivity index (χ0n) is 17.4. The van der Waals surface area contributed by atoms with E-state index in [0.29, 0.717) is 29.9 Å². The van der Waals surface area contributed by atoms with E-state index >= 15 is 0 Å². The Balaban J connectivity index is 1.57. The van der Waals surface area contributed by atoms with Crippen molar-refractivity contribution in [3.8, 4) is 5.75 Å². The van der Waals surface area contributed by atoms with Crippen LogP contribution in [0, 0.1) is 6.92 Å². The molecule has 3 aromatic carbocycles. The number of nitrogens with one attached hydrogen (secondary N) is 3. The monoisotopic (exact) mass is 511 g/mol. The molecule has 0 aliphatic carbocycles. The van der Waals surface area contributed by atoms with Crippen LogP contribution >= 0.6 is 28.1 Å². The Morgan fingerprint density at radius 1 is 0.938 bits per heavy atom. The zero-order chi connectivity index (χ0) is 22.9. The molecule has 0 aliphatic heterocycles. The lowest BCUT2D eigenvalue weighted by atomic mass is 10.1. The van der Waals surface area contributed by atoms with Gasteiger partial charge in [-0.05, 0) is 55.0 Å². The number of aryl methyl sites for hydroxylation is 1. The van der Waals surface area contributed by atoms with Crippen molar-refractivity contribution >= 4 is 45.1 Å². The molecule has 8 heteroatoms. The maximum absolute atomic E-state index is 12.8. The summed E-state index contributed by atoms with van der Waals surface area (Å²) >= 11 is 8.52. The number of rotatable bonds is 6. The van der Waals surface area contributed by atoms with Gasteiger partial charge in [0.1, 0.15) is 5.75 Å². The van der Waals surface area contributed by atoms with E-state index < -0.39 is 5.91 Å². The van der Waals surface area contributed by atoms with Crippen LogP contribution < -0.4 is 20.9 Å². The third-order valence-electron chi connectivity index (χ3n) is 4.47. The van der Waals surface area contributed by atoms with Crippen LogP contribution in [0.4, 0.5) is 0 Å². The smallest absolute Gasteiger partial charge is 0.269 e. The average Bonchev–Trinajstić information content (AvgIpc) is 2.79. The molecule has 0 heterocycles. The van der Waals surface area contributed by atoms with Gasteiger partial charge in [0, 0.05) is 16.5 Å². The molecule has 32 heavy (non-hydrogen) atoms. The minimum atomic E-state index is -0.455. The molecule has 0 aromatic heterocycles. The van der Waals surface area contributed by atoms with Crippen LogP contribution in [0.3, 0.4) is 0 Å². The molecule has 0 saturated carbocycles. The number of benzene rings is 3. The predicted octanol–water partition coefficient (Wildman–Crippen LogP) is 4.33. The highest BCUT2D eigenvalue weighted by atomic mass is 79.9. The highest BCUT2D eigenvalue weighted by molar-refractivity contribution is 9.10. The van der Waals surface area contributed by atoms with Gasteiger partial charge in [0.05, 0.1) is 12.2 Å². The van der Waals surface area contributed by atoms with E-state index in [4.69, 9.17) is 17.0 Å². The fourth-order valence-corrected chi connectivity index (χ4v) is 3.41. The molecule has 2 amide bonds. The van der Waals surface area contributed by atoms with Gasteiger partial charge in [-0.15, -0.1) is 0 Å². The molecule has 0 unspecified atom stereocenters. The number of hydrogen-bond acceptors (Lipinski definition) is 4. The molecule has 6 nitrogen and oxygen atoms in total. The van der Waals surface area contributed by atoms with Gasteiger partial charge in [-0.2, -0.15) is 0 Å². The number of hydrazine groups is 1. The highest BCUT2D eigenvalue weighted by Crippen LogP contribution is 2.23. The van der Waals surface area contributed by atoms with E-state index in [-0.39, 0.29) is 11.0 Å². The normalized spacial score (nSPS) is 10.2. The molecule has 3 rings (SSSR count). The van der Waals surface area contributed by atoms with Gasteiger partial charge >= 0.3 is 0 Å². The summed E-state index contributed by atoms with van der Waals surface area (Å²) < 4.78 is 6.58. The summed E-state index contributed by atoms with van der Waals surface area (Å²) in [6.07, 6.45) is 0.711. The quantitative estimate of drug-likeness (QED) is 0.339. The Labute approximate surface area is 200 Å². The summed E-state index contributed by atoms with van der Waals surface area (Å²) in [4.78, 5) is 25.0. The molecule has 164 valence electrons. The SMILES string of the molecule is Cc1cccc(C(=O)NNC(=S)NC(=O)c2cc(Br)ccc2OCCc2ccccc2)c1. The fourth-order valence-electron chi connectivity index (χ4n) is 2.90. The first-order valence-corrected chi connectivity index (χ1v) is 11.1. The summed E-state index contributed by atoms with van der Waals surface area (Å²) in [7, 11) is 0. The molecule has 0 fully saturated rings. The minimum absolute atomic E-state index is 0.0359. The molecular weight excluding hydrogens is 490 g/mol. The van der Waals surface area contributed by atoms with Crippen molar-refractivity contribution in [1.29, 1.82) is 0 Å². The van der Waals surface area contributed by atoms with Crippen molar-refractivity contribution < 1.29 is 14.3 Å². The van der Waals surface area contributed by atoms with Crippen LogP contribution in [-0.2, 0) is 6.42 Å². The maximum Gasteiger partial charge on any atom is 0.269 e. The Morgan fingerprint density at radius 3 is 2.47 bits per heavy atom. The van der Waals surface area contributed by atoms with Gasteiger partial charge in [0.2, 0.25) is 0 Å². The lowest BCUT2D eigenvalue weighted by molar-refractivity contribution is 0.0933. The van der Waals surface area contributed by atoms with Gasteiger partial charge in [0.25, 0.3) is 11.8 Å². The largest absolute Gasteiger partial charge is 0.492 e. The van der Waals surface area contributed by atoms with Gasteiger partial charge in [-0.1, -0.05) is 64.0 Å². The van der Waals surface area contributed by atoms with Gasteiger partial charge in [-0.25, -0.2) is 0 Å². The second-order valence-electron chi connectivity index (χ2n) is 6.96. The number of amides is 2. The van der Waals surface area contributed by atoms with E-state index in [1.54, 1.807) is 36.4 Å². The molecule has 0 spiro atoms. The Hall–Kier alpha value is -3.23. The average molecular weight is 512 g/mol. The summed E-state index contributed by atoms with van der Waals surface area (Å²) in [6.45, 7) is 2.31. The summed E-state index contributed by atoms with van der Waals surface area (Å²) in [5, 5.41) is 2.52. The third kappa shape index (κ3) is 6.90. The predicted molar refractivity (Wildman–Crippen MR) is 132 cm³/mol. The van der Waals surface area contributed by atoms with Crippen LogP contribution in [0.15, 0.2) is 77.3 Å². The number of carbonyl (C=O) groups excluding carboxylic acids is 2. The Bertz CT molecular complexity index is 1120. The standard InChI is InChI=1S/C24H22BrN3O3S/c1-16-6-5-9-18(14-16)22(29)27-28-24(32)26-23(30)20-15-19(25)10-11-21(20)31-13-12-17-7-3-2-4-8-17/h2-11,14-15H,12-13H2,1H3,(H,27,29)(H2,26,28,30,32). The van der Waals surface area contributed by atoms with E-state index in [0.717, 1.165) is 15.6 Å². The molecule has 0 bridgehead atoms. The van der Waals surface area contributed by atoms with Crippen LogP contribution in [0.25, 0.3) is 0 Å². The highest BCUT2D eigenvalue weighted by Gasteiger charge is 2.15. The van der Waals surface area contributed by atoms with Crippen molar-refractivity contribution in [1.82, 2.24) is 16.2 Å². The second kappa shape index (κ2) is 11.4. The lowest BCUT2D eigenvalue weighted by Gasteiger charge is -2.14. The van der Waals surface area contributed by atoms with Crippen LogP contribution in [0.1, 0.15) is 31.8 Å². The first-order chi connectivity index (χ1) is 15.4. The van der Waals surface area contributed by atoms with Crippen molar-refractivity contribution in [2.24, 2.45) is 0 Å². The van der Waals surface area contributed by atoms with E-state index in [9.17, 15) is 9.59 Å². The number of ether oxygens (including phenoxy) is 1. The molecule has 0 atom stereocenters. The van der Waals surface area contributed by atoms with Gasteiger partial charge in [-0.3, -0.25) is 25.8 Å². The molecule has 3 aromatic rings. The zero-order valence-corrected chi connectivity index (χ0v) is 19.8. The van der Waals surface area contributed by atoms with Crippen LogP contribution in [0.2, 0.25) is 0 Å².